The van der Waals surface area contributed by atoms with Gasteiger partial charge < -0.3 is 5.32 Å². The van der Waals surface area contributed by atoms with Crippen LogP contribution >= 0.6 is 11.6 Å². The van der Waals surface area contributed by atoms with Crippen LogP contribution in [0.15, 0.2) is 42.5 Å². The minimum absolute atomic E-state index is 0.0539. The fourth-order valence-electron chi connectivity index (χ4n) is 3.25. The molecule has 0 saturated carbocycles. The van der Waals surface area contributed by atoms with Crippen molar-refractivity contribution < 1.29 is 4.79 Å². The van der Waals surface area contributed by atoms with Gasteiger partial charge in [-0.15, -0.1) is 0 Å². The molecule has 1 fully saturated rings. The third-order valence-corrected chi connectivity index (χ3v) is 5.43. The molecule has 138 valence electrons. The number of rotatable bonds is 5. The van der Waals surface area contributed by atoms with E-state index in [0.29, 0.717) is 6.54 Å². The molecule has 0 bridgehead atoms. The Labute approximate surface area is 160 Å². The van der Waals surface area contributed by atoms with E-state index in [9.17, 15) is 4.79 Å². The van der Waals surface area contributed by atoms with Gasteiger partial charge >= 0.3 is 0 Å². The molecule has 1 saturated heterocycles. The largest absolute Gasteiger partial charge is 0.325 e. The van der Waals surface area contributed by atoms with Crippen LogP contribution in [0.2, 0.25) is 5.02 Å². The van der Waals surface area contributed by atoms with Crippen LogP contribution in [0, 0.1) is 13.8 Å². The molecule has 1 aliphatic heterocycles. The van der Waals surface area contributed by atoms with Gasteiger partial charge in [-0.1, -0.05) is 41.9 Å². The van der Waals surface area contributed by atoms with Crippen molar-refractivity contribution in [3.05, 3.63) is 64.2 Å². The number of nitrogens with zero attached hydrogens (tertiary/aromatic N) is 2. The van der Waals surface area contributed by atoms with E-state index < -0.39 is 0 Å². The van der Waals surface area contributed by atoms with Crippen molar-refractivity contribution in [2.75, 3.05) is 38.0 Å². The maximum Gasteiger partial charge on any atom is 0.238 e. The smallest absolute Gasteiger partial charge is 0.238 e. The van der Waals surface area contributed by atoms with E-state index in [-0.39, 0.29) is 5.91 Å². The molecule has 0 atom stereocenters. The molecule has 2 aromatic carbocycles. The lowest BCUT2D eigenvalue weighted by molar-refractivity contribution is -0.117. The quantitative estimate of drug-likeness (QED) is 0.870. The van der Waals surface area contributed by atoms with E-state index in [1.54, 1.807) is 0 Å². The minimum atomic E-state index is 0.0539. The zero-order valence-corrected chi connectivity index (χ0v) is 16.2. The predicted octanol–water partition coefficient (Wildman–Crippen LogP) is 3.71. The first-order valence-corrected chi connectivity index (χ1v) is 9.45. The topological polar surface area (TPSA) is 35.6 Å². The maximum absolute atomic E-state index is 12.4. The van der Waals surface area contributed by atoms with Gasteiger partial charge in [0.1, 0.15) is 0 Å². The van der Waals surface area contributed by atoms with Gasteiger partial charge in [0.2, 0.25) is 5.91 Å². The number of carbonyl (C=O) groups excluding carboxylic acids is 1. The first-order valence-electron chi connectivity index (χ1n) is 9.07. The molecule has 1 heterocycles. The van der Waals surface area contributed by atoms with Crippen molar-refractivity contribution in [1.29, 1.82) is 0 Å². The van der Waals surface area contributed by atoms with Crippen LogP contribution < -0.4 is 5.32 Å². The van der Waals surface area contributed by atoms with Crippen molar-refractivity contribution in [3.8, 4) is 0 Å². The molecule has 4 nitrogen and oxygen atoms in total. The Morgan fingerprint density at radius 2 is 1.69 bits per heavy atom. The van der Waals surface area contributed by atoms with Gasteiger partial charge in [-0.3, -0.25) is 14.6 Å². The SMILES string of the molecule is Cc1cccc(NC(=O)CN2CCN(Cc3ccccc3Cl)CC2)c1C. The fourth-order valence-corrected chi connectivity index (χ4v) is 3.45. The molecule has 0 unspecified atom stereocenters. The average Bonchev–Trinajstić information content (AvgIpc) is 2.62. The Morgan fingerprint density at radius 3 is 2.42 bits per heavy atom. The fraction of sp³-hybridized carbons (Fsp3) is 0.381. The number of anilines is 1. The first-order chi connectivity index (χ1) is 12.5. The summed E-state index contributed by atoms with van der Waals surface area (Å²) >= 11 is 6.25. The monoisotopic (exact) mass is 371 g/mol. The Balaban J connectivity index is 1.47. The molecule has 0 radical (unpaired) electrons. The molecule has 0 aromatic heterocycles. The number of aryl methyl sites for hydroxylation is 1. The lowest BCUT2D eigenvalue weighted by Crippen LogP contribution is -2.48. The molecular formula is C21H26ClN3O. The highest BCUT2D eigenvalue weighted by atomic mass is 35.5. The van der Waals surface area contributed by atoms with Gasteiger partial charge in [0.15, 0.2) is 0 Å². The number of hydrogen-bond acceptors (Lipinski definition) is 3. The van der Waals surface area contributed by atoms with Crippen LogP contribution in [-0.4, -0.2) is 48.4 Å². The van der Waals surface area contributed by atoms with E-state index >= 15 is 0 Å². The molecule has 1 aliphatic rings. The number of hydrogen-bond donors (Lipinski definition) is 1. The van der Waals surface area contributed by atoms with E-state index in [1.807, 2.05) is 37.3 Å². The van der Waals surface area contributed by atoms with Gasteiger partial charge in [0.05, 0.1) is 6.54 Å². The van der Waals surface area contributed by atoms with E-state index in [4.69, 9.17) is 11.6 Å². The summed E-state index contributed by atoms with van der Waals surface area (Å²) in [6.45, 7) is 9.08. The van der Waals surface area contributed by atoms with Crippen LogP contribution in [-0.2, 0) is 11.3 Å². The Kier molecular flexibility index (Phi) is 6.30. The molecule has 3 rings (SSSR count). The summed E-state index contributed by atoms with van der Waals surface area (Å²) in [7, 11) is 0. The summed E-state index contributed by atoms with van der Waals surface area (Å²) in [5.74, 6) is 0.0539. The van der Waals surface area contributed by atoms with Crippen molar-refractivity contribution in [3.63, 3.8) is 0 Å². The highest BCUT2D eigenvalue weighted by molar-refractivity contribution is 6.31. The zero-order chi connectivity index (χ0) is 18.5. The van der Waals surface area contributed by atoms with Crippen LogP contribution in [0.25, 0.3) is 0 Å². The lowest BCUT2D eigenvalue weighted by atomic mass is 10.1. The number of piperazine rings is 1. The number of benzene rings is 2. The third-order valence-electron chi connectivity index (χ3n) is 5.06. The second-order valence-corrected chi connectivity index (χ2v) is 7.35. The number of halogens is 1. The molecule has 26 heavy (non-hydrogen) atoms. The van der Waals surface area contributed by atoms with Gasteiger partial charge in [-0.2, -0.15) is 0 Å². The standard InChI is InChI=1S/C21H26ClN3O/c1-16-6-5-9-20(17(16)2)23-21(26)15-25-12-10-24(11-13-25)14-18-7-3-4-8-19(18)22/h3-9H,10-15H2,1-2H3,(H,23,26). The summed E-state index contributed by atoms with van der Waals surface area (Å²) in [6.07, 6.45) is 0. The van der Waals surface area contributed by atoms with E-state index in [0.717, 1.165) is 54.6 Å². The van der Waals surface area contributed by atoms with Gasteiger partial charge in [0, 0.05) is 43.4 Å². The highest BCUT2D eigenvalue weighted by Gasteiger charge is 2.19. The molecule has 0 spiro atoms. The molecule has 0 aliphatic carbocycles. The van der Waals surface area contributed by atoms with Crippen LogP contribution in [0.5, 0.6) is 0 Å². The summed E-state index contributed by atoms with van der Waals surface area (Å²) < 4.78 is 0. The number of carbonyl (C=O) groups is 1. The summed E-state index contributed by atoms with van der Waals surface area (Å²) in [6, 6.07) is 14.0. The molecule has 5 heteroatoms. The van der Waals surface area contributed by atoms with Crippen molar-refractivity contribution in [2.24, 2.45) is 0 Å². The Bertz CT molecular complexity index is 770. The molecule has 2 aromatic rings. The van der Waals surface area contributed by atoms with Crippen LogP contribution in [0.4, 0.5) is 5.69 Å². The van der Waals surface area contributed by atoms with Gasteiger partial charge in [-0.25, -0.2) is 0 Å². The number of nitrogens with one attached hydrogen (secondary N) is 1. The van der Waals surface area contributed by atoms with Gasteiger partial charge in [0.25, 0.3) is 0 Å². The highest BCUT2D eigenvalue weighted by Crippen LogP contribution is 2.19. The van der Waals surface area contributed by atoms with Crippen LogP contribution in [0.1, 0.15) is 16.7 Å². The Hall–Kier alpha value is -1.88. The van der Waals surface area contributed by atoms with Gasteiger partial charge in [-0.05, 0) is 42.7 Å². The summed E-state index contributed by atoms with van der Waals surface area (Å²) in [5, 5.41) is 3.87. The van der Waals surface area contributed by atoms with Crippen molar-refractivity contribution in [1.82, 2.24) is 9.80 Å². The van der Waals surface area contributed by atoms with Crippen molar-refractivity contribution in [2.45, 2.75) is 20.4 Å². The lowest BCUT2D eigenvalue weighted by Gasteiger charge is -2.34. The Morgan fingerprint density at radius 1 is 1.00 bits per heavy atom. The second kappa shape index (κ2) is 8.67. The normalized spacial score (nSPS) is 15.8. The second-order valence-electron chi connectivity index (χ2n) is 6.94. The number of amides is 1. The molecule has 1 amide bonds. The maximum atomic E-state index is 12.4. The zero-order valence-electron chi connectivity index (χ0n) is 15.5. The predicted molar refractivity (Wildman–Crippen MR) is 108 cm³/mol. The van der Waals surface area contributed by atoms with Crippen molar-refractivity contribution >= 4 is 23.2 Å². The first kappa shape index (κ1) is 18.9. The third kappa shape index (κ3) is 4.85. The summed E-state index contributed by atoms with van der Waals surface area (Å²) in [4.78, 5) is 17.0. The molecular weight excluding hydrogens is 346 g/mol. The summed E-state index contributed by atoms with van der Waals surface area (Å²) in [5.41, 5.74) is 4.39. The van der Waals surface area contributed by atoms with Crippen LogP contribution in [0.3, 0.4) is 0 Å². The minimum Gasteiger partial charge on any atom is -0.325 e. The molecule has 1 N–H and O–H groups in total. The van der Waals surface area contributed by atoms with E-state index in [1.165, 1.54) is 5.56 Å². The average molecular weight is 372 g/mol. The van der Waals surface area contributed by atoms with E-state index in [2.05, 4.69) is 34.2 Å².